The molecule has 10 heteroatoms. The van der Waals surface area contributed by atoms with Crippen LogP contribution in [0.2, 0.25) is 0 Å². The van der Waals surface area contributed by atoms with Gasteiger partial charge < -0.3 is 15.0 Å². The normalized spacial score (nSPS) is 22.0. The topological polar surface area (TPSA) is 72.3 Å². The Hall–Kier alpha value is -3.24. The van der Waals surface area contributed by atoms with E-state index in [-0.39, 0.29) is 30.4 Å². The third kappa shape index (κ3) is 6.07. The quantitative estimate of drug-likeness (QED) is 0.427. The van der Waals surface area contributed by atoms with E-state index >= 15 is 0 Å². The molecule has 0 saturated carbocycles. The number of aromatic nitrogens is 3. The SMILES string of the molecule is CC(C)(C)C(c1nc(-c2cc(F)ccc2F)nn1Cc1ccccc1)N(C[C@@H]1CNC[C@@H]1F)C(=O)C1CCCO1. The fraction of sp³-hybridized carbons (Fsp3) is 0.500. The summed E-state index contributed by atoms with van der Waals surface area (Å²) in [5.74, 6) is -1.44. The molecule has 1 N–H and O–H groups in total. The van der Waals surface area contributed by atoms with Gasteiger partial charge in [0.05, 0.1) is 18.2 Å². The molecule has 2 aliphatic rings. The first kappa shape index (κ1) is 28.3. The lowest BCUT2D eigenvalue weighted by Crippen LogP contribution is -2.49. The molecule has 2 aromatic carbocycles. The molecule has 7 nitrogen and oxygen atoms in total. The number of amides is 1. The van der Waals surface area contributed by atoms with E-state index in [0.717, 1.165) is 30.2 Å². The third-order valence-corrected chi connectivity index (χ3v) is 7.60. The standard InChI is InChI=1S/C30H36F3N5O2/c1-30(2,3)26(37(18-20-15-34-16-24(20)33)29(39)25-10-7-13-40-25)28-35-27(22-14-21(31)11-12-23(22)32)36-38(28)17-19-8-5-4-6-9-19/h4-6,8-9,11-12,14,20,24-26,34H,7,10,13,15-18H2,1-3H3/t20-,24-,25?,26?/m0/s1. The molecule has 4 atom stereocenters. The highest BCUT2D eigenvalue weighted by Crippen LogP contribution is 2.40. The molecular formula is C30H36F3N5O2. The number of alkyl halides is 1. The van der Waals surface area contributed by atoms with Crippen LogP contribution in [0.15, 0.2) is 48.5 Å². The van der Waals surface area contributed by atoms with Gasteiger partial charge in [0.1, 0.15) is 23.9 Å². The minimum absolute atomic E-state index is 0.0209. The summed E-state index contributed by atoms with van der Waals surface area (Å²) in [6, 6.07) is 12.1. The van der Waals surface area contributed by atoms with Crippen LogP contribution < -0.4 is 5.32 Å². The van der Waals surface area contributed by atoms with Crippen molar-refractivity contribution in [3.8, 4) is 11.4 Å². The number of rotatable bonds is 8. The van der Waals surface area contributed by atoms with Gasteiger partial charge in [-0.1, -0.05) is 51.1 Å². The highest BCUT2D eigenvalue weighted by Gasteiger charge is 2.44. The van der Waals surface area contributed by atoms with Crippen molar-refractivity contribution in [2.75, 3.05) is 26.2 Å². The zero-order valence-electron chi connectivity index (χ0n) is 23.1. The first-order chi connectivity index (χ1) is 19.1. The van der Waals surface area contributed by atoms with E-state index in [0.29, 0.717) is 31.9 Å². The first-order valence-corrected chi connectivity index (χ1v) is 13.8. The van der Waals surface area contributed by atoms with E-state index < -0.39 is 41.3 Å². The number of hydrogen-bond acceptors (Lipinski definition) is 5. The van der Waals surface area contributed by atoms with Gasteiger partial charge in [0.2, 0.25) is 0 Å². The molecule has 3 aromatic rings. The Kier molecular flexibility index (Phi) is 8.28. The number of nitrogens with one attached hydrogen (secondary N) is 1. The molecule has 1 amide bonds. The largest absolute Gasteiger partial charge is 0.368 e. The first-order valence-electron chi connectivity index (χ1n) is 13.8. The van der Waals surface area contributed by atoms with Crippen molar-refractivity contribution >= 4 is 5.91 Å². The summed E-state index contributed by atoms with van der Waals surface area (Å²) in [6.07, 6.45) is -0.360. The number of carbonyl (C=O) groups excluding carboxylic acids is 1. The minimum Gasteiger partial charge on any atom is -0.368 e. The van der Waals surface area contributed by atoms with Gasteiger partial charge >= 0.3 is 0 Å². The predicted octanol–water partition coefficient (Wildman–Crippen LogP) is 4.92. The highest BCUT2D eigenvalue weighted by atomic mass is 19.1. The molecule has 2 aliphatic heterocycles. The van der Waals surface area contributed by atoms with Crippen molar-refractivity contribution in [2.24, 2.45) is 11.3 Å². The second-order valence-electron chi connectivity index (χ2n) is 11.8. The Morgan fingerprint density at radius 2 is 1.95 bits per heavy atom. The maximum atomic E-state index is 14.9. The average Bonchev–Trinajstić information content (AvgIpc) is 3.67. The fourth-order valence-electron chi connectivity index (χ4n) is 5.62. The van der Waals surface area contributed by atoms with Crippen LogP contribution >= 0.6 is 0 Å². The molecule has 0 radical (unpaired) electrons. The van der Waals surface area contributed by atoms with Crippen molar-refractivity contribution in [1.82, 2.24) is 25.0 Å². The fourth-order valence-corrected chi connectivity index (χ4v) is 5.62. The molecule has 1 aromatic heterocycles. The van der Waals surface area contributed by atoms with Crippen LogP contribution in [-0.2, 0) is 16.1 Å². The molecule has 40 heavy (non-hydrogen) atoms. The highest BCUT2D eigenvalue weighted by molar-refractivity contribution is 5.81. The van der Waals surface area contributed by atoms with E-state index in [1.165, 1.54) is 0 Å². The van der Waals surface area contributed by atoms with Crippen molar-refractivity contribution < 1.29 is 22.7 Å². The second-order valence-corrected chi connectivity index (χ2v) is 11.8. The second kappa shape index (κ2) is 11.7. The molecule has 5 rings (SSSR count). The number of ether oxygens (including phenoxy) is 1. The van der Waals surface area contributed by atoms with Crippen LogP contribution in [0.1, 0.15) is 51.0 Å². The Bertz CT molecular complexity index is 1320. The Balaban J connectivity index is 1.64. The third-order valence-electron chi connectivity index (χ3n) is 7.60. The summed E-state index contributed by atoms with van der Waals surface area (Å²) in [5.41, 5.74) is 0.278. The molecule has 2 fully saturated rings. The molecule has 0 aliphatic carbocycles. The van der Waals surface area contributed by atoms with E-state index in [4.69, 9.17) is 9.72 Å². The summed E-state index contributed by atoms with van der Waals surface area (Å²) >= 11 is 0. The number of benzene rings is 2. The molecule has 0 bridgehead atoms. The van der Waals surface area contributed by atoms with Crippen LogP contribution in [0, 0.1) is 23.0 Å². The number of carbonyl (C=O) groups is 1. The zero-order chi connectivity index (χ0) is 28.4. The summed E-state index contributed by atoms with van der Waals surface area (Å²) in [4.78, 5) is 20.5. The molecule has 3 heterocycles. The van der Waals surface area contributed by atoms with E-state index in [1.54, 1.807) is 9.58 Å². The van der Waals surface area contributed by atoms with Crippen molar-refractivity contribution in [3.05, 3.63) is 71.6 Å². The van der Waals surface area contributed by atoms with Gasteiger partial charge in [0, 0.05) is 32.2 Å². The Labute approximate surface area is 232 Å². The number of halogens is 3. The number of hydrogen-bond donors (Lipinski definition) is 1. The van der Waals surface area contributed by atoms with Gasteiger partial charge in [-0.25, -0.2) is 22.8 Å². The van der Waals surface area contributed by atoms with E-state index in [2.05, 4.69) is 10.4 Å². The summed E-state index contributed by atoms with van der Waals surface area (Å²) in [6.45, 7) is 7.59. The van der Waals surface area contributed by atoms with E-state index in [9.17, 15) is 18.0 Å². The van der Waals surface area contributed by atoms with Crippen LogP contribution in [0.25, 0.3) is 11.4 Å². The lowest BCUT2D eigenvalue weighted by atomic mass is 9.83. The monoisotopic (exact) mass is 555 g/mol. The lowest BCUT2D eigenvalue weighted by Gasteiger charge is -2.41. The van der Waals surface area contributed by atoms with Crippen LogP contribution in [-0.4, -0.2) is 64.1 Å². The summed E-state index contributed by atoms with van der Waals surface area (Å²) in [7, 11) is 0. The molecule has 2 unspecified atom stereocenters. The van der Waals surface area contributed by atoms with Gasteiger partial charge in [0.25, 0.3) is 5.91 Å². The minimum atomic E-state index is -1.10. The van der Waals surface area contributed by atoms with Crippen molar-refractivity contribution in [3.63, 3.8) is 0 Å². The Morgan fingerprint density at radius 3 is 2.60 bits per heavy atom. The van der Waals surface area contributed by atoms with Crippen LogP contribution in [0.4, 0.5) is 13.2 Å². The molecular weight excluding hydrogens is 519 g/mol. The molecule has 0 spiro atoms. The summed E-state index contributed by atoms with van der Waals surface area (Å²) < 4.78 is 51.4. The molecule has 214 valence electrons. The smallest absolute Gasteiger partial charge is 0.252 e. The van der Waals surface area contributed by atoms with Gasteiger partial charge in [-0.3, -0.25) is 4.79 Å². The summed E-state index contributed by atoms with van der Waals surface area (Å²) in [5, 5.41) is 7.72. The van der Waals surface area contributed by atoms with E-state index in [1.807, 2.05) is 51.1 Å². The zero-order valence-corrected chi connectivity index (χ0v) is 23.1. The average molecular weight is 556 g/mol. The van der Waals surface area contributed by atoms with Crippen LogP contribution in [0.5, 0.6) is 0 Å². The maximum absolute atomic E-state index is 14.9. The number of nitrogens with zero attached hydrogens (tertiary/aromatic N) is 4. The van der Waals surface area contributed by atoms with Gasteiger partial charge in [-0.15, -0.1) is 0 Å². The van der Waals surface area contributed by atoms with Gasteiger partial charge in [-0.2, -0.15) is 5.10 Å². The van der Waals surface area contributed by atoms with Crippen molar-refractivity contribution in [1.29, 1.82) is 0 Å². The maximum Gasteiger partial charge on any atom is 0.252 e. The lowest BCUT2D eigenvalue weighted by molar-refractivity contribution is -0.147. The molecule has 2 saturated heterocycles. The van der Waals surface area contributed by atoms with Gasteiger partial charge in [0.15, 0.2) is 11.6 Å². The van der Waals surface area contributed by atoms with Crippen molar-refractivity contribution in [2.45, 2.75) is 58.5 Å². The van der Waals surface area contributed by atoms with Crippen LogP contribution in [0.3, 0.4) is 0 Å². The predicted molar refractivity (Wildman–Crippen MR) is 145 cm³/mol. The Morgan fingerprint density at radius 1 is 1.18 bits per heavy atom. The van der Waals surface area contributed by atoms with Gasteiger partial charge in [-0.05, 0) is 42.0 Å².